The number of carbonyl (C=O) groups excluding carboxylic acids is 1. The molecule has 0 amide bonds. The molecule has 0 atom stereocenters. The number of methoxy groups -OCH3 is 3. The summed E-state index contributed by atoms with van der Waals surface area (Å²) in [5, 5.41) is 0. The van der Waals surface area contributed by atoms with Gasteiger partial charge in [-0.1, -0.05) is 0 Å². The van der Waals surface area contributed by atoms with Crippen LogP contribution in [0, 0.1) is 0 Å². The smallest absolute Gasteiger partial charge is 0.208 e. The molecule has 0 saturated heterocycles. The number of ketones is 1. The molecule has 1 aliphatic heterocycles. The van der Waals surface area contributed by atoms with Gasteiger partial charge in [-0.25, -0.2) is 0 Å². The largest absolute Gasteiger partial charge is 0.493 e. The lowest BCUT2D eigenvalue weighted by Gasteiger charge is -2.14. The van der Waals surface area contributed by atoms with Gasteiger partial charge in [0.2, 0.25) is 17.3 Å². The van der Waals surface area contributed by atoms with Gasteiger partial charge in [0.15, 0.2) is 18.1 Å². The van der Waals surface area contributed by atoms with Gasteiger partial charge in [0.1, 0.15) is 0 Å². The van der Waals surface area contributed by atoms with E-state index in [1.54, 1.807) is 6.07 Å². The molecule has 0 radical (unpaired) electrons. The van der Waals surface area contributed by atoms with Crippen molar-refractivity contribution in [1.29, 1.82) is 0 Å². The summed E-state index contributed by atoms with van der Waals surface area (Å²) in [6, 6.07) is 1.60. The van der Waals surface area contributed by atoms with Gasteiger partial charge in [0.05, 0.1) is 26.9 Å². The number of hydrogen-bond acceptors (Lipinski definition) is 5. The standard InChI is InChI=1S/C11H12O5/c1-13-8-4-6-7(12)5-16-9(6)11(15-3)10(8)14-2/h4H,5H2,1-3H3. The van der Waals surface area contributed by atoms with Gasteiger partial charge in [-0.05, 0) is 6.07 Å². The SMILES string of the molecule is COc1cc2c(c(OC)c1OC)OCC2=O. The summed E-state index contributed by atoms with van der Waals surface area (Å²) >= 11 is 0. The summed E-state index contributed by atoms with van der Waals surface area (Å²) in [4.78, 5) is 11.5. The first-order valence-electron chi connectivity index (χ1n) is 4.71. The summed E-state index contributed by atoms with van der Waals surface area (Å²) in [6.45, 7) is 0.0298. The van der Waals surface area contributed by atoms with Crippen molar-refractivity contribution in [1.82, 2.24) is 0 Å². The Morgan fingerprint density at radius 3 is 2.38 bits per heavy atom. The molecule has 0 spiro atoms. The molecule has 16 heavy (non-hydrogen) atoms. The van der Waals surface area contributed by atoms with Crippen LogP contribution in [0.15, 0.2) is 6.07 Å². The quantitative estimate of drug-likeness (QED) is 0.774. The van der Waals surface area contributed by atoms with Gasteiger partial charge >= 0.3 is 0 Å². The van der Waals surface area contributed by atoms with E-state index in [9.17, 15) is 4.79 Å². The summed E-state index contributed by atoms with van der Waals surface area (Å²) in [5.41, 5.74) is 0.467. The molecule has 0 fully saturated rings. The highest BCUT2D eigenvalue weighted by Crippen LogP contribution is 2.48. The molecule has 1 aromatic carbocycles. The van der Waals surface area contributed by atoms with Gasteiger partial charge < -0.3 is 18.9 Å². The number of fused-ring (bicyclic) bond motifs is 1. The highest BCUT2D eigenvalue weighted by atomic mass is 16.5. The lowest BCUT2D eigenvalue weighted by molar-refractivity contribution is 0.0960. The van der Waals surface area contributed by atoms with E-state index in [0.717, 1.165) is 0 Å². The number of Topliss-reactive ketones (excluding diaryl/α,β-unsaturated/α-hetero) is 1. The van der Waals surface area contributed by atoms with Crippen LogP contribution in [0.3, 0.4) is 0 Å². The van der Waals surface area contributed by atoms with Crippen molar-refractivity contribution in [3.05, 3.63) is 11.6 Å². The van der Waals surface area contributed by atoms with Crippen molar-refractivity contribution in [2.24, 2.45) is 0 Å². The minimum absolute atomic E-state index is 0.0298. The van der Waals surface area contributed by atoms with E-state index < -0.39 is 0 Å². The van der Waals surface area contributed by atoms with E-state index in [1.807, 2.05) is 0 Å². The maximum atomic E-state index is 11.5. The fourth-order valence-corrected chi connectivity index (χ4v) is 1.70. The Labute approximate surface area is 92.9 Å². The maximum Gasteiger partial charge on any atom is 0.208 e. The van der Waals surface area contributed by atoms with Crippen LogP contribution >= 0.6 is 0 Å². The first kappa shape index (κ1) is 10.6. The Bertz CT molecular complexity index is 438. The minimum Gasteiger partial charge on any atom is -0.493 e. The Balaban J connectivity index is 2.68. The molecule has 5 nitrogen and oxygen atoms in total. The third-order valence-corrected chi connectivity index (χ3v) is 2.43. The van der Waals surface area contributed by atoms with Crippen LogP contribution in [0.4, 0.5) is 0 Å². The molecule has 0 N–H and O–H groups in total. The molecule has 1 aliphatic rings. The number of benzene rings is 1. The predicted molar refractivity (Wildman–Crippen MR) is 55.9 cm³/mol. The Kier molecular flexibility index (Phi) is 2.60. The average Bonchev–Trinajstić information content (AvgIpc) is 2.68. The summed E-state index contributed by atoms with van der Waals surface area (Å²) < 4.78 is 20.8. The normalized spacial score (nSPS) is 13.1. The summed E-state index contributed by atoms with van der Waals surface area (Å²) in [7, 11) is 4.50. The lowest BCUT2D eigenvalue weighted by atomic mass is 10.1. The number of rotatable bonds is 3. The zero-order valence-electron chi connectivity index (χ0n) is 9.33. The summed E-state index contributed by atoms with van der Waals surface area (Å²) in [6.07, 6.45) is 0. The topological polar surface area (TPSA) is 54.0 Å². The highest BCUT2D eigenvalue weighted by Gasteiger charge is 2.30. The van der Waals surface area contributed by atoms with Gasteiger partial charge in [-0.15, -0.1) is 0 Å². The fraction of sp³-hybridized carbons (Fsp3) is 0.364. The van der Waals surface area contributed by atoms with Crippen LogP contribution in [0.2, 0.25) is 0 Å². The molecule has 0 aliphatic carbocycles. The van der Waals surface area contributed by atoms with E-state index in [1.165, 1.54) is 21.3 Å². The Morgan fingerprint density at radius 2 is 1.81 bits per heavy atom. The second-order valence-corrected chi connectivity index (χ2v) is 3.23. The van der Waals surface area contributed by atoms with E-state index in [0.29, 0.717) is 28.6 Å². The number of carbonyl (C=O) groups is 1. The maximum absolute atomic E-state index is 11.5. The van der Waals surface area contributed by atoms with Crippen LogP contribution in [0.5, 0.6) is 23.0 Å². The molecule has 5 heteroatoms. The van der Waals surface area contributed by atoms with Crippen LogP contribution in [-0.4, -0.2) is 33.7 Å². The highest BCUT2D eigenvalue weighted by molar-refractivity contribution is 6.04. The first-order chi connectivity index (χ1) is 7.72. The third kappa shape index (κ3) is 1.36. The van der Waals surface area contributed by atoms with E-state index >= 15 is 0 Å². The molecule has 0 bridgehead atoms. The summed E-state index contributed by atoms with van der Waals surface area (Å²) in [5.74, 6) is 1.61. The van der Waals surface area contributed by atoms with Crippen LogP contribution in [-0.2, 0) is 0 Å². The number of ether oxygens (including phenoxy) is 4. The number of hydrogen-bond donors (Lipinski definition) is 0. The second-order valence-electron chi connectivity index (χ2n) is 3.23. The van der Waals surface area contributed by atoms with Gasteiger partial charge in [0, 0.05) is 0 Å². The fourth-order valence-electron chi connectivity index (χ4n) is 1.70. The monoisotopic (exact) mass is 224 g/mol. The third-order valence-electron chi connectivity index (χ3n) is 2.43. The van der Waals surface area contributed by atoms with Gasteiger partial charge in [-0.2, -0.15) is 0 Å². The Morgan fingerprint density at radius 1 is 1.12 bits per heavy atom. The molecule has 0 aromatic heterocycles. The molecule has 1 heterocycles. The molecule has 2 rings (SSSR count). The van der Waals surface area contributed by atoms with Crippen molar-refractivity contribution in [3.8, 4) is 23.0 Å². The molecule has 86 valence electrons. The average molecular weight is 224 g/mol. The second kappa shape index (κ2) is 3.92. The Hall–Kier alpha value is -1.91. The van der Waals surface area contributed by atoms with Crippen molar-refractivity contribution in [2.45, 2.75) is 0 Å². The molecule has 0 unspecified atom stereocenters. The first-order valence-corrected chi connectivity index (χ1v) is 4.71. The molecular formula is C11H12O5. The minimum atomic E-state index is -0.0887. The van der Waals surface area contributed by atoms with Crippen molar-refractivity contribution < 1.29 is 23.7 Å². The van der Waals surface area contributed by atoms with E-state index in [2.05, 4.69) is 0 Å². The van der Waals surface area contributed by atoms with Gasteiger partial charge in [-0.3, -0.25) is 4.79 Å². The van der Waals surface area contributed by atoms with Crippen LogP contribution < -0.4 is 18.9 Å². The van der Waals surface area contributed by atoms with Crippen molar-refractivity contribution in [2.75, 3.05) is 27.9 Å². The predicted octanol–water partition coefficient (Wildman–Crippen LogP) is 1.29. The van der Waals surface area contributed by atoms with Crippen LogP contribution in [0.1, 0.15) is 10.4 Å². The molecule has 0 saturated carbocycles. The lowest BCUT2D eigenvalue weighted by Crippen LogP contribution is -1.99. The zero-order chi connectivity index (χ0) is 11.7. The van der Waals surface area contributed by atoms with E-state index in [4.69, 9.17) is 18.9 Å². The van der Waals surface area contributed by atoms with Crippen molar-refractivity contribution in [3.63, 3.8) is 0 Å². The molecule has 1 aromatic rings. The van der Waals surface area contributed by atoms with Gasteiger partial charge in [0.25, 0.3) is 0 Å². The zero-order valence-corrected chi connectivity index (χ0v) is 9.33. The van der Waals surface area contributed by atoms with Crippen LogP contribution in [0.25, 0.3) is 0 Å². The molecular weight excluding hydrogens is 212 g/mol. The van der Waals surface area contributed by atoms with E-state index in [-0.39, 0.29) is 12.4 Å². The van der Waals surface area contributed by atoms with Crippen molar-refractivity contribution >= 4 is 5.78 Å².